The largest absolute Gasteiger partial charge is 0.494 e. The summed E-state index contributed by atoms with van der Waals surface area (Å²) in [6.45, 7) is 7.51. The van der Waals surface area contributed by atoms with Crippen LogP contribution in [0.1, 0.15) is 64.9 Å². The molecule has 2 aliphatic rings. The predicted octanol–water partition coefficient (Wildman–Crippen LogP) is 3.10. The highest BCUT2D eigenvalue weighted by Crippen LogP contribution is 2.31. The molecule has 1 saturated heterocycles. The second-order valence-electron chi connectivity index (χ2n) is 9.63. The fraction of sp³-hybridized carbons (Fsp3) is 0.640. The third-order valence-electron chi connectivity index (χ3n) is 5.64. The molecule has 2 heterocycles. The first kappa shape index (κ1) is 25.0. The van der Waals surface area contributed by atoms with Gasteiger partial charge in [-0.05, 0) is 70.7 Å². The minimum atomic E-state index is -1.13. The topological polar surface area (TPSA) is 97.7 Å². The molecule has 182 valence electrons. The average molecular weight is 461 g/mol. The lowest BCUT2D eigenvalue weighted by molar-refractivity contribution is -0.155. The van der Waals surface area contributed by atoms with E-state index in [1.807, 2.05) is 49.9 Å². The molecule has 0 aliphatic carbocycles. The van der Waals surface area contributed by atoms with E-state index in [4.69, 9.17) is 24.3 Å². The molecule has 1 fully saturated rings. The summed E-state index contributed by atoms with van der Waals surface area (Å²) in [7, 11) is 0. The van der Waals surface area contributed by atoms with Gasteiger partial charge in [-0.15, -0.1) is 0 Å². The Morgan fingerprint density at radius 2 is 1.85 bits per heavy atom. The van der Waals surface area contributed by atoms with E-state index in [2.05, 4.69) is 0 Å². The Bertz CT molecular complexity index is 839. The number of amides is 1. The van der Waals surface area contributed by atoms with Gasteiger partial charge in [-0.1, -0.05) is 0 Å². The summed E-state index contributed by atoms with van der Waals surface area (Å²) in [4.78, 5) is 32.5. The summed E-state index contributed by atoms with van der Waals surface area (Å²) in [5.41, 5.74) is -0.960. The second kappa shape index (κ2) is 11.0. The number of nitrogens with zero attached hydrogens (tertiary/aromatic N) is 2. The van der Waals surface area contributed by atoms with Crippen molar-refractivity contribution < 1.29 is 28.9 Å². The van der Waals surface area contributed by atoms with Crippen molar-refractivity contribution in [1.29, 1.82) is 0 Å². The molecule has 8 heteroatoms. The lowest BCUT2D eigenvalue weighted by Gasteiger charge is -2.33. The average Bonchev–Trinajstić information content (AvgIpc) is 3.23. The maximum absolute atomic E-state index is 13.5. The van der Waals surface area contributed by atoms with Crippen LogP contribution in [-0.4, -0.2) is 71.8 Å². The maximum Gasteiger partial charge on any atom is 0.306 e. The van der Waals surface area contributed by atoms with Gasteiger partial charge < -0.3 is 24.2 Å². The number of hydrogen-bond donors (Lipinski definition) is 1. The van der Waals surface area contributed by atoms with Crippen molar-refractivity contribution in [3.05, 3.63) is 29.8 Å². The quantitative estimate of drug-likeness (QED) is 0.449. The molecule has 1 N–H and O–H groups in total. The van der Waals surface area contributed by atoms with Gasteiger partial charge in [0.1, 0.15) is 18.0 Å². The van der Waals surface area contributed by atoms with Crippen molar-refractivity contribution in [3.8, 4) is 5.75 Å². The van der Waals surface area contributed by atoms with Crippen LogP contribution in [0.15, 0.2) is 29.3 Å². The highest BCUT2D eigenvalue weighted by Gasteiger charge is 2.47. The first-order valence-corrected chi connectivity index (χ1v) is 11.8. The van der Waals surface area contributed by atoms with Gasteiger partial charge in [0.05, 0.1) is 6.61 Å². The van der Waals surface area contributed by atoms with Crippen LogP contribution < -0.4 is 4.74 Å². The molecule has 33 heavy (non-hydrogen) atoms. The fourth-order valence-corrected chi connectivity index (χ4v) is 3.98. The predicted molar refractivity (Wildman–Crippen MR) is 124 cm³/mol. The molecule has 0 spiro atoms. The lowest BCUT2D eigenvalue weighted by atomic mass is 9.92. The summed E-state index contributed by atoms with van der Waals surface area (Å²) in [5.74, 6) is 0.656. The third kappa shape index (κ3) is 6.93. The molecule has 0 unspecified atom stereocenters. The van der Waals surface area contributed by atoms with E-state index < -0.39 is 11.1 Å². The van der Waals surface area contributed by atoms with E-state index >= 15 is 0 Å². The maximum atomic E-state index is 13.5. The van der Waals surface area contributed by atoms with Gasteiger partial charge in [0, 0.05) is 38.1 Å². The number of piperidine rings is 1. The van der Waals surface area contributed by atoms with Crippen molar-refractivity contribution in [1.82, 2.24) is 4.90 Å². The minimum absolute atomic E-state index is 0.0790. The highest BCUT2D eigenvalue weighted by atomic mass is 16.6. The van der Waals surface area contributed by atoms with E-state index in [9.17, 15) is 9.59 Å². The standard InChI is InChI=1S/C25H36N2O6/c1-24(2,3)33-21(29)12-13-25(23(30)27-14-5-4-6-15-27)18-32-22(26-25)19-8-10-20(11-9-19)31-17-7-16-28/h8-11,28H,4-7,12-18H2,1-3H3/t25-/m1/s1. The zero-order chi connectivity index (χ0) is 23.9. The number of ether oxygens (including phenoxy) is 3. The zero-order valence-electron chi connectivity index (χ0n) is 20.0. The summed E-state index contributed by atoms with van der Waals surface area (Å²) < 4.78 is 16.9. The normalized spacial score (nSPS) is 20.7. The van der Waals surface area contributed by atoms with Crippen LogP contribution >= 0.6 is 0 Å². The summed E-state index contributed by atoms with van der Waals surface area (Å²) in [6.07, 6.45) is 3.96. The van der Waals surface area contributed by atoms with E-state index in [-0.39, 0.29) is 37.9 Å². The van der Waals surface area contributed by atoms with Gasteiger partial charge in [-0.2, -0.15) is 0 Å². The van der Waals surface area contributed by atoms with Crippen molar-refractivity contribution in [2.24, 2.45) is 4.99 Å². The molecule has 0 saturated carbocycles. The van der Waals surface area contributed by atoms with Crippen molar-refractivity contribution in [2.75, 3.05) is 32.9 Å². The molecular formula is C25H36N2O6. The Morgan fingerprint density at radius 3 is 2.48 bits per heavy atom. The van der Waals surface area contributed by atoms with Gasteiger partial charge in [-0.3, -0.25) is 9.59 Å². The molecule has 0 aromatic heterocycles. The molecule has 0 radical (unpaired) electrons. The van der Waals surface area contributed by atoms with E-state index in [0.717, 1.165) is 24.8 Å². The molecule has 3 rings (SSSR count). The molecule has 1 atom stereocenters. The molecule has 1 aromatic carbocycles. The second-order valence-corrected chi connectivity index (χ2v) is 9.63. The van der Waals surface area contributed by atoms with Gasteiger partial charge in [-0.25, -0.2) is 4.99 Å². The van der Waals surface area contributed by atoms with Crippen molar-refractivity contribution >= 4 is 17.8 Å². The summed E-state index contributed by atoms with van der Waals surface area (Å²) in [5, 5.41) is 8.88. The fourth-order valence-electron chi connectivity index (χ4n) is 3.98. The Balaban J connectivity index is 1.77. The number of benzene rings is 1. The van der Waals surface area contributed by atoms with Crippen LogP contribution in [0.5, 0.6) is 5.75 Å². The number of carbonyl (C=O) groups is 2. The number of aliphatic imine (C=N–C) groups is 1. The van der Waals surface area contributed by atoms with Crippen LogP contribution in [0.25, 0.3) is 0 Å². The van der Waals surface area contributed by atoms with Crippen LogP contribution in [0.2, 0.25) is 0 Å². The number of rotatable bonds is 9. The van der Waals surface area contributed by atoms with Crippen LogP contribution in [0.4, 0.5) is 0 Å². The number of likely N-dealkylation sites (tertiary alicyclic amines) is 1. The zero-order valence-corrected chi connectivity index (χ0v) is 20.0. The number of esters is 1. The van der Waals surface area contributed by atoms with Crippen LogP contribution in [0.3, 0.4) is 0 Å². The van der Waals surface area contributed by atoms with E-state index in [1.165, 1.54) is 0 Å². The SMILES string of the molecule is CC(C)(C)OC(=O)CC[C@]1(C(=O)N2CCCCC2)COC(c2ccc(OCCCO)cc2)=N1. The monoisotopic (exact) mass is 460 g/mol. The number of aliphatic hydroxyl groups excluding tert-OH is 1. The number of aliphatic hydroxyl groups is 1. The smallest absolute Gasteiger partial charge is 0.306 e. The van der Waals surface area contributed by atoms with Gasteiger partial charge in [0.15, 0.2) is 5.54 Å². The van der Waals surface area contributed by atoms with Crippen LogP contribution in [0, 0.1) is 0 Å². The molecule has 1 aromatic rings. The molecule has 2 aliphatic heterocycles. The van der Waals surface area contributed by atoms with Crippen molar-refractivity contribution in [2.45, 2.75) is 70.4 Å². The highest BCUT2D eigenvalue weighted by molar-refractivity contribution is 6.00. The number of carbonyl (C=O) groups excluding carboxylic acids is 2. The number of hydrogen-bond acceptors (Lipinski definition) is 7. The Labute approximate surface area is 195 Å². The van der Waals surface area contributed by atoms with Gasteiger partial charge >= 0.3 is 5.97 Å². The lowest BCUT2D eigenvalue weighted by Crippen LogP contribution is -2.51. The molecule has 0 bridgehead atoms. The molecular weight excluding hydrogens is 424 g/mol. The minimum Gasteiger partial charge on any atom is -0.494 e. The van der Waals surface area contributed by atoms with Crippen molar-refractivity contribution in [3.63, 3.8) is 0 Å². The Kier molecular flexibility index (Phi) is 8.35. The third-order valence-corrected chi connectivity index (χ3v) is 5.64. The van der Waals surface area contributed by atoms with E-state index in [1.54, 1.807) is 0 Å². The van der Waals surface area contributed by atoms with E-state index in [0.29, 0.717) is 37.8 Å². The molecule has 1 amide bonds. The van der Waals surface area contributed by atoms with Crippen LogP contribution in [-0.2, 0) is 19.1 Å². The van der Waals surface area contributed by atoms with Gasteiger partial charge in [0.25, 0.3) is 5.91 Å². The first-order chi connectivity index (χ1) is 15.7. The van der Waals surface area contributed by atoms with Gasteiger partial charge in [0.2, 0.25) is 5.90 Å². The Hall–Kier alpha value is -2.61. The summed E-state index contributed by atoms with van der Waals surface area (Å²) >= 11 is 0. The first-order valence-electron chi connectivity index (χ1n) is 11.8. The summed E-state index contributed by atoms with van der Waals surface area (Å²) in [6, 6.07) is 7.29. The Morgan fingerprint density at radius 1 is 1.15 bits per heavy atom. The molecule has 8 nitrogen and oxygen atoms in total.